The summed E-state index contributed by atoms with van der Waals surface area (Å²) in [6.45, 7) is 2.10. The number of rotatable bonds is 4. The minimum absolute atomic E-state index is 0.159. The highest BCUT2D eigenvalue weighted by molar-refractivity contribution is 5.60. The van der Waals surface area contributed by atoms with Gasteiger partial charge in [-0.05, 0) is 43.3 Å². The Kier molecular flexibility index (Phi) is 3.64. The lowest BCUT2D eigenvalue weighted by atomic mass is 10.1. The van der Waals surface area contributed by atoms with E-state index in [1.807, 2.05) is 60.3 Å². The lowest BCUT2D eigenvalue weighted by Crippen LogP contribution is -2.07. The van der Waals surface area contributed by atoms with Crippen LogP contribution in [0.15, 0.2) is 55.0 Å². The van der Waals surface area contributed by atoms with Crippen LogP contribution in [-0.2, 0) is 7.05 Å². The van der Waals surface area contributed by atoms with Crippen molar-refractivity contribution in [3.8, 4) is 11.4 Å². The van der Waals surface area contributed by atoms with Crippen LogP contribution in [0.4, 0.5) is 5.69 Å². The van der Waals surface area contributed by atoms with Crippen LogP contribution in [-0.4, -0.2) is 19.7 Å². The molecule has 5 heteroatoms. The van der Waals surface area contributed by atoms with Crippen molar-refractivity contribution in [3.63, 3.8) is 0 Å². The molecular weight excluding hydrogens is 262 g/mol. The fourth-order valence-corrected chi connectivity index (χ4v) is 2.22. The number of nitrogens with zero attached hydrogens (tertiary/aromatic N) is 4. The Labute approximate surface area is 123 Å². The molecule has 1 atom stereocenters. The van der Waals surface area contributed by atoms with E-state index in [9.17, 15) is 0 Å². The minimum Gasteiger partial charge on any atom is -0.377 e. The molecule has 1 N–H and O–H groups in total. The summed E-state index contributed by atoms with van der Waals surface area (Å²) in [6.07, 6.45) is 3.51. The SMILES string of the molecule is CC(Nc1ccc(-c2nncn2C)cc1)c1ccccn1. The summed E-state index contributed by atoms with van der Waals surface area (Å²) in [5.74, 6) is 0.860. The van der Waals surface area contributed by atoms with Crippen LogP contribution < -0.4 is 5.32 Å². The van der Waals surface area contributed by atoms with E-state index in [2.05, 4.69) is 27.4 Å². The monoisotopic (exact) mass is 279 g/mol. The molecule has 0 aliphatic carbocycles. The van der Waals surface area contributed by atoms with E-state index in [0.29, 0.717) is 0 Å². The van der Waals surface area contributed by atoms with Gasteiger partial charge in [0.2, 0.25) is 0 Å². The molecule has 0 saturated heterocycles. The summed E-state index contributed by atoms with van der Waals surface area (Å²) in [5.41, 5.74) is 3.12. The molecule has 21 heavy (non-hydrogen) atoms. The molecule has 0 aliphatic heterocycles. The first-order chi connectivity index (χ1) is 10.2. The van der Waals surface area contributed by atoms with Crippen LogP contribution in [0.1, 0.15) is 18.7 Å². The minimum atomic E-state index is 0.159. The summed E-state index contributed by atoms with van der Waals surface area (Å²) in [6, 6.07) is 14.3. The second kappa shape index (κ2) is 5.75. The van der Waals surface area contributed by atoms with Gasteiger partial charge in [-0.2, -0.15) is 0 Å². The summed E-state index contributed by atoms with van der Waals surface area (Å²) in [7, 11) is 1.94. The molecule has 5 nitrogen and oxygen atoms in total. The maximum atomic E-state index is 4.36. The summed E-state index contributed by atoms with van der Waals surface area (Å²) < 4.78 is 1.90. The Hall–Kier alpha value is -2.69. The van der Waals surface area contributed by atoms with E-state index >= 15 is 0 Å². The topological polar surface area (TPSA) is 55.6 Å². The number of aryl methyl sites for hydroxylation is 1. The average molecular weight is 279 g/mol. The highest BCUT2D eigenvalue weighted by atomic mass is 15.2. The number of benzene rings is 1. The van der Waals surface area contributed by atoms with E-state index < -0.39 is 0 Å². The predicted octanol–water partition coefficient (Wildman–Crippen LogP) is 3.05. The van der Waals surface area contributed by atoms with Crippen LogP contribution in [0, 0.1) is 0 Å². The van der Waals surface area contributed by atoms with Gasteiger partial charge in [-0.1, -0.05) is 6.07 Å². The molecule has 2 aromatic heterocycles. The van der Waals surface area contributed by atoms with Gasteiger partial charge < -0.3 is 9.88 Å². The van der Waals surface area contributed by atoms with E-state index in [1.54, 1.807) is 6.33 Å². The Morgan fingerprint density at radius 2 is 1.90 bits per heavy atom. The summed E-state index contributed by atoms with van der Waals surface area (Å²) in [5, 5.41) is 11.4. The Morgan fingerprint density at radius 1 is 1.10 bits per heavy atom. The van der Waals surface area contributed by atoms with E-state index in [1.165, 1.54) is 0 Å². The van der Waals surface area contributed by atoms with Gasteiger partial charge in [-0.3, -0.25) is 4.98 Å². The van der Waals surface area contributed by atoms with Gasteiger partial charge in [0.05, 0.1) is 11.7 Å². The van der Waals surface area contributed by atoms with Gasteiger partial charge in [0.25, 0.3) is 0 Å². The predicted molar refractivity (Wildman–Crippen MR) is 82.7 cm³/mol. The number of hydrogen-bond acceptors (Lipinski definition) is 4. The Balaban J connectivity index is 1.75. The third-order valence-electron chi connectivity index (χ3n) is 3.37. The number of nitrogens with one attached hydrogen (secondary N) is 1. The normalized spacial score (nSPS) is 12.1. The fourth-order valence-electron chi connectivity index (χ4n) is 2.22. The summed E-state index contributed by atoms with van der Waals surface area (Å²) >= 11 is 0. The summed E-state index contributed by atoms with van der Waals surface area (Å²) in [4.78, 5) is 4.36. The number of aromatic nitrogens is 4. The van der Waals surface area contributed by atoms with Gasteiger partial charge in [-0.15, -0.1) is 10.2 Å². The molecule has 0 spiro atoms. The standard InChI is InChI=1S/C16H17N5/c1-12(15-5-3-4-10-17-15)19-14-8-6-13(7-9-14)16-20-18-11-21(16)2/h3-12,19H,1-2H3. The van der Waals surface area contributed by atoms with Crippen molar-refractivity contribution < 1.29 is 0 Å². The highest BCUT2D eigenvalue weighted by Crippen LogP contribution is 2.21. The van der Waals surface area contributed by atoms with Gasteiger partial charge in [-0.25, -0.2) is 0 Å². The fraction of sp³-hybridized carbons (Fsp3) is 0.188. The van der Waals surface area contributed by atoms with E-state index in [4.69, 9.17) is 0 Å². The molecule has 0 saturated carbocycles. The van der Waals surface area contributed by atoms with Crippen LogP contribution in [0.2, 0.25) is 0 Å². The van der Waals surface area contributed by atoms with Gasteiger partial charge in [0.1, 0.15) is 6.33 Å². The van der Waals surface area contributed by atoms with Gasteiger partial charge in [0.15, 0.2) is 5.82 Å². The second-order valence-electron chi connectivity index (χ2n) is 4.96. The molecule has 0 amide bonds. The Bertz CT molecular complexity index is 703. The maximum absolute atomic E-state index is 4.36. The molecule has 106 valence electrons. The van der Waals surface area contributed by atoms with Crippen molar-refractivity contribution in [2.45, 2.75) is 13.0 Å². The molecule has 0 aliphatic rings. The van der Waals surface area contributed by atoms with Crippen LogP contribution in [0.25, 0.3) is 11.4 Å². The largest absolute Gasteiger partial charge is 0.377 e. The first-order valence-corrected chi connectivity index (χ1v) is 6.86. The molecular formula is C16H17N5. The molecule has 2 heterocycles. The number of hydrogen-bond donors (Lipinski definition) is 1. The number of pyridine rings is 1. The second-order valence-corrected chi connectivity index (χ2v) is 4.96. The van der Waals surface area contributed by atoms with Gasteiger partial charge >= 0.3 is 0 Å². The molecule has 1 unspecified atom stereocenters. The highest BCUT2D eigenvalue weighted by Gasteiger charge is 2.07. The molecule has 3 rings (SSSR count). The first-order valence-electron chi connectivity index (χ1n) is 6.86. The lowest BCUT2D eigenvalue weighted by molar-refractivity contribution is 0.839. The first kappa shape index (κ1) is 13.3. The maximum Gasteiger partial charge on any atom is 0.163 e. The third kappa shape index (κ3) is 2.91. The van der Waals surface area contributed by atoms with Crippen molar-refractivity contribution >= 4 is 5.69 Å². The van der Waals surface area contributed by atoms with Gasteiger partial charge in [0, 0.05) is 24.5 Å². The molecule has 1 aromatic carbocycles. The molecule has 0 radical (unpaired) electrons. The van der Waals surface area contributed by atoms with Crippen molar-refractivity contribution in [1.82, 2.24) is 19.7 Å². The van der Waals surface area contributed by atoms with Crippen LogP contribution >= 0.6 is 0 Å². The lowest BCUT2D eigenvalue weighted by Gasteiger charge is -2.14. The van der Waals surface area contributed by atoms with Crippen molar-refractivity contribution in [2.24, 2.45) is 7.05 Å². The zero-order chi connectivity index (χ0) is 14.7. The zero-order valence-electron chi connectivity index (χ0n) is 12.1. The van der Waals surface area contributed by atoms with E-state index in [0.717, 1.165) is 22.8 Å². The van der Waals surface area contributed by atoms with Crippen LogP contribution in [0.3, 0.4) is 0 Å². The molecule has 0 fully saturated rings. The number of anilines is 1. The smallest absolute Gasteiger partial charge is 0.163 e. The quantitative estimate of drug-likeness (QED) is 0.797. The Morgan fingerprint density at radius 3 is 2.52 bits per heavy atom. The molecule has 0 bridgehead atoms. The van der Waals surface area contributed by atoms with Crippen molar-refractivity contribution in [1.29, 1.82) is 0 Å². The molecule has 3 aromatic rings. The van der Waals surface area contributed by atoms with Crippen molar-refractivity contribution in [2.75, 3.05) is 5.32 Å². The van der Waals surface area contributed by atoms with Crippen molar-refractivity contribution in [3.05, 3.63) is 60.7 Å². The third-order valence-corrected chi connectivity index (χ3v) is 3.37. The van der Waals surface area contributed by atoms with Crippen LogP contribution in [0.5, 0.6) is 0 Å². The zero-order valence-corrected chi connectivity index (χ0v) is 12.1. The average Bonchev–Trinajstić information content (AvgIpc) is 2.95. The van der Waals surface area contributed by atoms with E-state index in [-0.39, 0.29) is 6.04 Å².